The summed E-state index contributed by atoms with van der Waals surface area (Å²) >= 11 is 0. The van der Waals surface area contributed by atoms with Crippen molar-refractivity contribution in [2.45, 2.75) is 26.2 Å². The highest BCUT2D eigenvalue weighted by molar-refractivity contribution is 5.82. The van der Waals surface area contributed by atoms with Gasteiger partial charge in [-0.1, -0.05) is 72.8 Å². The molecule has 4 heterocycles. The van der Waals surface area contributed by atoms with E-state index in [4.69, 9.17) is 0 Å². The first-order valence-electron chi connectivity index (χ1n) is 14.4. The Morgan fingerprint density at radius 2 is 0.561 bits per heavy atom. The largest absolute Gasteiger partial charge is 0.347 e. The van der Waals surface area contributed by atoms with Crippen LogP contribution in [0.4, 0.5) is 0 Å². The van der Waals surface area contributed by atoms with E-state index in [1.54, 1.807) is 0 Å². The van der Waals surface area contributed by atoms with Crippen LogP contribution >= 0.6 is 0 Å². The van der Waals surface area contributed by atoms with Crippen molar-refractivity contribution in [1.82, 2.24) is 18.3 Å². The van der Waals surface area contributed by atoms with Crippen LogP contribution in [0.1, 0.15) is 0 Å². The molecule has 4 nitrogen and oxygen atoms in total. The number of hydrogen-bond acceptors (Lipinski definition) is 0. The topological polar surface area (TPSA) is 19.7 Å². The third kappa shape index (κ3) is 4.23. The Labute approximate surface area is 239 Å². The first kappa shape index (κ1) is 23.9. The van der Waals surface area contributed by atoms with E-state index in [1.807, 2.05) is 0 Å². The minimum absolute atomic E-state index is 0.160. The zero-order valence-corrected chi connectivity index (χ0v) is 23.0. The molecule has 0 aliphatic rings. The van der Waals surface area contributed by atoms with Crippen molar-refractivity contribution >= 4 is 43.6 Å². The molecule has 0 saturated carbocycles. The van der Waals surface area contributed by atoms with Crippen LogP contribution in [0.2, 0.25) is 0 Å². The first-order valence-corrected chi connectivity index (χ1v) is 14.4. The summed E-state index contributed by atoms with van der Waals surface area (Å²) < 4.78 is 9.88. The SMILES string of the molecule is c1ccc2c(c1)ccn2CC(Cn1ccc2ccccc21)(Cn1ccc2ccccc21)Cn1ccc2ccccc21. The van der Waals surface area contributed by atoms with E-state index < -0.39 is 0 Å². The molecule has 0 saturated heterocycles. The summed E-state index contributed by atoms with van der Waals surface area (Å²) in [5, 5.41) is 5.13. The molecule has 8 aromatic rings. The lowest BCUT2D eigenvalue weighted by Gasteiger charge is -2.37. The summed E-state index contributed by atoms with van der Waals surface area (Å²) in [5.74, 6) is 0. The predicted octanol–water partition coefficient (Wildman–Crippen LogP) is 8.59. The van der Waals surface area contributed by atoms with Gasteiger partial charge in [-0.3, -0.25) is 0 Å². The van der Waals surface area contributed by atoms with Crippen molar-refractivity contribution in [2.24, 2.45) is 5.41 Å². The average Bonchev–Trinajstić information content (AvgIpc) is 3.81. The molecular formula is C37H32N4. The van der Waals surface area contributed by atoms with Crippen LogP contribution in [-0.4, -0.2) is 18.3 Å². The minimum Gasteiger partial charge on any atom is -0.347 e. The number of para-hydroxylation sites is 4. The van der Waals surface area contributed by atoms with Gasteiger partial charge in [-0.05, 0) is 70.1 Å². The molecule has 8 rings (SSSR count). The Morgan fingerprint density at radius 3 is 0.829 bits per heavy atom. The van der Waals surface area contributed by atoms with Crippen molar-refractivity contribution in [3.8, 4) is 0 Å². The molecule has 0 fully saturated rings. The minimum atomic E-state index is -0.160. The molecule has 4 aromatic carbocycles. The molecule has 0 spiro atoms. The Hall–Kier alpha value is -4.96. The lowest BCUT2D eigenvalue weighted by atomic mass is 9.86. The third-order valence-electron chi connectivity index (χ3n) is 8.74. The van der Waals surface area contributed by atoms with Crippen molar-refractivity contribution in [3.05, 3.63) is 146 Å². The fourth-order valence-electron chi connectivity index (χ4n) is 6.86. The van der Waals surface area contributed by atoms with Crippen molar-refractivity contribution in [1.29, 1.82) is 0 Å². The normalized spacial score (nSPS) is 12.3. The number of aromatic nitrogens is 4. The summed E-state index contributed by atoms with van der Waals surface area (Å²) in [4.78, 5) is 0. The van der Waals surface area contributed by atoms with Crippen LogP contribution in [0, 0.1) is 5.41 Å². The van der Waals surface area contributed by atoms with Crippen LogP contribution in [0.25, 0.3) is 43.6 Å². The molecule has 0 atom stereocenters. The van der Waals surface area contributed by atoms with E-state index in [2.05, 4.69) is 164 Å². The standard InChI is InChI=1S/C37H32N4/c1-5-13-33-29(9-1)17-21-38(33)25-37(26-39-22-18-30-10-2-6-14-34(30)39,27-40-23-19-31-11-3-7-15-35(31)40)28-41-24-20-32-12-4-8-16-36(32)41/h1-24H,25-28H2. The predicted molar refractivity (Wildman–Crippen MR) is 170 cm³/mol. The van der Waals surface area contributed by atoms with E-state index in [1.165, 1.54) is 43.6 Å². The highest BCUT2D eigenvalue weighted by atomic mass is 15.1. The lowest BCUT2D eigenvalue weighted by Crippen LogP contribution is -2.39. The van der Waals surface area contributed by atoms with Crippen LogP contribution < -0.4 is 0 Å². The lowest BCUT2D eigenvalue weighted by molar-refractivity contribution is 0.143. The molecule has 4 heteroatoms. The molecule has 0 amide bonds. The van der Waals surface area contributed by atoms with Gasteiger partial charge in [0.1, 0.15) is 0 Å². The Bertz CT molecular complexity index is 1820. The number of benzene rings is 4. The first-order chi connectivity index (χ1) is 20.2. The van der Waals surface area contributed by atoms with Gasteiger partial charge < -0.3 is 18.3 Å². The highest BCUT2D eigenvalue weighted by Crippen LogP contribution is 2.35. The molecule has 0 N–H and O–H groups in total. The molecule has 200 valence electrons. The second-order valence-corrected chi connectivity index (χ2v) is 11.5. The maximum atomic E-state index is 2.47. The van der Waals surface area contributed by atoms with E-state index >= 15 is 0 Å². The highest BCUT2D eigenvalue weighted by Gasteiger charge is 2.34. The zero-order valence-electron chi connectivity index (χ0n) is 23.0. The number of hydrogen-bond donors (Lipinski definition) is 0. The molecular weight excluding hydrogens is 500 g/mol. The fourth-order valence-corrected chi connectivity index (χ4v) is 6.86. The van der Waals surface area contributed by atoms with Gasteiger partial charge in [0.05, 0.1) is 0 Å². The van der Waals surface area contributed by atoms with Gasteiger partial charge in [-0.2, -0.15) is 0 Å². The molecule has 0 aliphatic carbocycles. The summed E-state index contributed by atoms with van der Waals surface area (Å²) in [6.45, 7) is 3.52. The number of rotatable bonds is 8. The van der Waals surface area contributed by atoms with E-state index in [9.17, 15) is 0 Å². The maximum absolute atomic E-state index is 2.47. The molecule has 0 radical (unpaired) electrons. The van der Waals surface area contributed by atoms with Crippen molar-refractivity contribution in [2.75, 3.05) is 0 Å². The van der Waals surface area contributed by atoms with Gasteiger partial charge in [0.25, 0.3) is 0 Å². The maximum Gasteiger partial charge on any atom is 0.0480 e. The van der Waals surface area contributed by atoms with Crippen LogP contribution in [0.15, 0.2) is 146 Å². The zero-order chi connectivity index (χ0) is 27.2. The molecule has 41 heavy (non-hydrogen) atoms. The second-order valence-electron chi connectivity index (χ2n) is 11.5. The molecule has 4 aromatic heterocycles. The van der Waals surface area contributed by atoms with Crippen LogP contribution in [0.3, 0.4) is 0 Å². The summed E-state index contributed by atoms with van der Waals surface area (Å²) in [7, 11) is 0. The van der Waals surface area contributed by atoms with Crippen LogP contribution in [0.5, 0.6) is 0 Å². The van der Waals surface area contributed by atoms with Crippen LogP contribution in [-0.2, 0) is 26.2 Å². The van der Waals surface area contributed by atoms with Gasteiger partial charge in [0.15, 0.2) is 0 Å². The average molecular weight is 533 g/mol. The summed E-state index contributed by atoms with van der Waals surface area (Å²) in [5.41, 5.74) is 4.97. The Balaban J connectivity index is 1.33. The molecule has 0 bridgehead atoms. The van der Waals surface area contributed by atoms with E-state index in [0.29, 0.717) is 0 Å². The Kier molecular flexibility index (Phi) is 5.59. The smallest absolute Gasteiger partial charge is 0.0480 e. The van der Waals surface area contributed by atoms with Gasteiger partial charge in [0.2, 0.25) is 0 Å². The fraction of sp³-hybridized carbons (Fsp3) is 0.135. The number of nitrogens with zero attached hydrogens (tertiary/aromatic N) is 4. The quantitative estimate of drug-likeness (QED) is 0.187. The van der Waals surface area contributed by atoms with Gasteiger partial charge >= 0.3 is 0 Å². The monoisotopic (exact) mass is 532 g/mol. The van der Waals surface area contributed by atoms with Gasteiger partial charge in [0, 0.05) is 78.4 Å². The van der Waals surface area contributed by atoms with Gasteiger partial charge in [-0.25, -0.2) is 0 Å². The summed E-state index contributed by atoms with van der Waals surface area (Å²) in [6, 6.07) is 44.0. The molecule has 0 aliphatic heterocycles. The van der Waals surface area contributed by atoms with E-state index in [0.717, 1.165) is 26.2 Å². The summed E-state index contributed by atoms with van der Waals surface area (Å²) in [6.07, 6.45) is 9.09. The van der Waals surface area contributed by atoms with Crippen molar-refractivity contribution in [3.63, 3.8) is 0 Å². The second kappa shape index (κ2) is 9.60. The van der Waals surface area contributed by atoms with E-state index in [-0.39, 0.29) is 5.41 Å². The Morgan fingerprint density at radius 1 is 0.317 bits per heavy atom. The molecule has 0 unspecified atom stereocenters. The van der Waals surface area contributed by atoms with Gasteiger partial charge in [-0.15, -0.1) is 0 Å². The number of fused-ring (bicyclic) bond motifs is 4. The van der Waals surface area contributed by atoms with Crippen molar-refractivity contribution < 1.29 is 0 Å². The third-order valence-corrected chi connectivity index (χ3v) is 8.74.